The standard InChI is InChI=1S/C6H10O2/c7-4-6(8)3-5-1-2-5/h3,6-8H,1-2,4H2. The van der Waals surface area contributed by atoms with Crippen molar-refractivity contribution in [2.45, 2.75) is 18.9 Å². The Balaban J connectivity index is 2.25. The first-order valence-electron chi connectivity index (χ1n) is 2.81. The average Bonchev–Trinajstić information content (AvgIpc) is 2.50. The third kappa shape index (κ3) is 1.64. The van der Waals surface area contributed by atoms with Gasteiger partial charge in [-0.15, -0.1) is 0 Å². The van der Waals surface area contributed by atoms with Gasteiger partial charge < -0.3 is 10.2 Å². The number of rotatable bonds is 2. The smallest absolute Gasteiger partial charge is 0.0954 e. The van der Waals surface area contributed by atoms with E-state index < -0.39 is 6.10 Å². The van der Waals surface area contributed by atoms with E-state index >= 15 is 0 Å². The molecule has 0 bridgehead atoms. The van der Waals surface area contributed by atoms with Crippen LogP contribution in [0.1, 0.15) is 12.8 Å². The van der Waals surface area contributed by atoms with Gasteiger partial charge in [0.1, 0.15) is 0 Å². The normalized spacial score (nSPS) is 20.5. The Morgan fingerprint density at radius 2 is 2.25 bits per heavy atom. The number of aliphatic hydroxyl groups is 2. The van der Waals surface area contributed by atoms with E-state index in [4.69, 9.17) is 10.2 Å². The summed E-state index contributed by atoms with van der Waals surface area (Å²) in [5, 5.41) is 17.1. The van der Waals surface area contributed by atoms with Crippen molar-refractivity contribution in [3.8, 4) is 0 Å². The van der Waals surface area contributed by atoms with Crippen LogP contribution in [-0.2, 0) is 0 Å². The van der Waals surface area contributed by atoms with E-state index in [2.05, 4.69) is 0 Å². The molecule has 1 rings (SSSR count). The molecule has 46 valence electrons. The number of allylic oxidation sites excluding steroid dienone is 1. The molecule has 2 heteroatoms. The van der Waals surface area contributed by atoms with Gasteiger partial charge in [-0.25, -0.2) is 0 Å². The third-order valence-electron chi connectivity index (χ3n) is 1.15. The highest BCUT2D eigenvalue weighted by atomic mass is 16.3. The lowest BCUT2D eigenvalue weighted by atomic mass is 10.3. The van der Waals surface area contributed by atoms with Crippen LogP contribution in [0.2, 0.25) is 0 Å². The molecule has 0 aromatic rings. The molecule has 0 heterocycles. The molecule has 0 saturated heterocycles. The molecular formula is C6H10O2. The summed E-state index contributed by atoms with van der Waals surface area (Å²) in [7, 11) is 0. The Morgan fingerprint density at radius 1 is 1.62 bits per heavy atom. The predicted octanol–water partition coefficient (Wildman–Crippen LogP) is 0.0598. The molecule has 2 N–H and O–H groups in total. The average molecular weight is 114 g/mol. The maximum absolute atomic E-state index is 8.74. The molecule has 0 radical (unpaired) electrons. The molecule has 1 saturated carbocycles. The minimum atomic E-state index is -0.618. The summed E-state index contributed by atoms with van der Waals surface area (Å²) in [6, 6.07) is 0. The molecule has 0 aromatic heterocycles. The van der Waals surface area contributed by atoms with E-state index in [-0.39, 0.29) is 6.61 Å². The maximum Gasteiger partial charge on any atom is 0.0954 e. The Labute approximate surface area is 48.5 Å². The summed E-state index contributed by atoms with van der Waals surface area (Å²) < 4.78 is 0. The first kappa shape index (κ1) is 5.79. The van der Waals surface area contributed by atoms with Gasteiger partial charge in [0.2, 0.25) is 0 Å². The molecule has 8 heavy (non-hydrogen) atoms. The largest absolute Gasteiger partial charge is 0.393 e. The molecule has 0 amide bonds. The van der Waals surface area contributed by atoms with Crippen LogP contribution in [0.4, 0.5) is 0 Å². The van der Waals surface area contributed by atoms with E-state index in [1.165, 1.54) is 5.57 Å². The zero-order valence-electron chi connectivity index (χ0n) is 4.67. The molecule has 0 aliphatic heterocycles. The lowest BCUT2D eigenvalue weighted by Gasteiger charge is -1.95. The minimum Gasteiger partial charge on any atom is -0.393 e. The van der Waals surface area contributed by atoms with Gasteiger partial charge in [-0.2, -0.15) is 0 Å². The van der Waals surface area contributed by atoms with Crippen LogP contribution in [0.15, 0.2) is 11.6 Å². The zero-order valence-corrected chi connectivity index (χ0v) is 4.67. The van der Waals surface area contributed by atoms with Crippen molar-refractivity contribution in [2.24, 2.45) is 0 Å². The van der Waals surface area contributed by atoms with Gasteiger partial charge in [-0.05, 0) is 12.8 Å². The summed E-state index contributed by atoms with van der Waals surface area (Å²) in [6.07, 6.45) is 3.32. The Bertz CT molecular complexity index is 101. The zero-order chi connectivity index (χ0) is 5.98. The molecule has 1 fully saturated rings. The molecular weight excluding hydrogens is 104 g/mol. The van der Waals surface area contributed by atoms with Gasteiger partial charge in [-0.3, -0.25) is 0 Å². The van der Waals surface area contributed by atoms with Gasteiger partial charge in [0, 0.05) is 0 Å². The van der Waals surface area contributed by atoms with Crippen LogP contribution in [-0.4, -0.2) is 22.9 Å². The van der Waals surface area contributed by atoms with Crippen molar-refractivity contribution in [1.29, 1.82) is 0 Å². The van der Waals surface area contributed by atoms with E-state index in [0.29, 0.717) is 0 Å². The predicted molar refractivity (Wildman–Crippen MR) is 30.4 cm³/mol. The van der Waals surface area contributed by atoms with E-state index in [0.717, 1.165) is 12.8 Å². The van der Waals surface area contributed by atoms with Crippen molar-refractivity contribution in [3.63, 3.8) is 0 Å². The number of aliphatic hydroxyl groups excluding tert-OH is 2. The van der Waals surface area contributed by atoms with Gasteiger partial charge in [0.05, 0.1) is 12.7 Å². The molecule has 1 unspecified atom stereocenters. The second kappa shape index (κ2) is 2.29. The van der Waals surface area contributed by atoms with Crippen LogP contribution in [0.3, 0.4) is 0 Å². The fourth-order valence-corrected chi connectivity index (χ4v) is 0.564. The second-order valence-corrected chi connectivity index (χ2v) is 2.07. The highest BCUT2D eigenvalue weighted by Crippen LogP contribution is 2.27. The van der Waals surface area contributed by atoms with Crippen molar-refractivity contribution in [2.75, 3.05) is 6.61 Å². The van der Waals surface area contributed by atoms with Crippen molar-refractivity contribution in [1.82, 2.24) is 0 Å². The Morgan fingerprint density at radius 3 is 2.62 bits per heavy atom. The fraction of sp³-hybridized carbons (Fsp3) is 0.667. The van der Waals surface area contributed by atoms with Crippen LogP contribution >= 0.6 is 0 Å². The lowest BCUT2D eigenvalue weighted by Crippen LogP contribution is -2.06. The maximum atomic E-state index is 8.74. The summed E-state index contributed by atoms with van der Waals surface area (Å²) >= 11 is 0. The fourth-order valence-electron chi connectivity index (χ4n) is 0.564. The topological polar surface area (TPSA) is 40.5 Å². The first-order valence-corrected chi connectivity index (χ1v) is 2.81. The molecule has 0 spiro atoms. The summed E-state index contributed by atoms with van der Waals surface area (Å²) in [5.74, 6) is 0. The summed E-state index contributed by atoms with van der Waals surface area (Å²) in [4.78, 5) is 0. The highest BCUT2D eigenvalue weighted by Gasteiger charge is 2.11. The van der Waals surface area contributed by atoms with Gasteiger partial charge in [-0.1, -0.05) is 11.6 Å². The van der Waals surface area contributed by atoms with Crippen LogP contribution in [0.25, 0.3) is 0 Å². The monoisotopic (exact) mass is 114 g/mol. The van der Waals surface area contributed by atoms with Gasteiger partial charge >= 0.3 is 0 Å². The molecule has 0 aromatic carbocycles. The van der Waals surface area contributed by atoms with Crippen molar-refractivity contribution < 1.29 is 10.2 Å². The Hall–Kier alpha value is -0.340. The third-order valence-corrected chi connectivity index (χ3v) is 1.15. The van der Waals surface area contributed by atoms with Gasteiger partial charge in [0.15, 0.2) is 0 Å². The molecule has 1 atom stereocenters. The van der Waals surface area contributed by atoms with E-state index in [1.807, 2.05) is 0 Å². The quantitative estimate of drug-likeness (QED) is 0.498. The summed E-state index contributed by atoms with van der Waals surface area (Å²) in [5.41, 5.74) is 1.27. The van der Waals surface area contributed by atoms with Gasteiger partial charge in [0.25, 0.3) is 0 Å². The molecule has 1 aliphatic carbocycles. The van der Waals surface area contributed by atoms with Crippen molar-refractivity contribution in [3.05, 3.63) is 11.6 Å². The van der Waals surface area contributed by atoms with Crippen molar-refractivity contribution >= 4 is 0 Å². The minimum absolute atomic E-state index is 0.149. The SMILES string of the molecule is OCC(O)C=C1CC1. The highest BCUT2D eigenvalue weighted by molar-refractivity contribution is 5.17. The molecule has 2 nitrogen and oxygen atoms in total. The van der Waals surface area contributed by atoms with E-state index in [9.17, 15) is 0 Å². The van der Waals surface area contributed by atoms with Crippen LogP contribution in [0.5, 0.6) is 0 Å². The number of hydrogen-bond donors (Lipinski definition) is 2. The summed E-state index contributed by atoms with van der Waals surface area (Å²) in [6.45, 7) is -0.149. The van der Waals surface area contributed by atoms with E-state index in [1.54, 1.807) is 6.08 Å². The number of hydrogen-bond acceptors (Lipinski definition) is 2. The molecule has 1 aliphatic rings. The van der Waals surface area contributed by atoms with Crippen LogP contribution < -0.4 is 0 Å². The first-order chi connectivity index (χ1) is 3.83. The van der Waals surface area contributed by atoms with Crippen LogP contribution in [0, 0.1) is 0 Å². The Kier molecular flexibility index (Phi) is 1.65. The second-order valence-electron chi connectivity index (χ2n) is 2.07. The lowest BCUT2D eigenvalue weighted by molar-refractivity contribution is 0.131.